The first-order valence-corrected chi connectivity index (χ1v) is 6.66. The second-order valence-corrected chi connectivity index (χ2v) is 7.07. The van der Waals surface area contributed by atoms with Crippen LogP contribution in [0.4, 0.5) is 0 Å². The molecule has 2 aliphatic carbocycles. The van der Waals surface area contributed by atoms with E-state index in [0.717, 1.165) is 12.8 Å². The van der Waals surface area contributed by atoms with Crippen LogP contribution in [0, 0.1) is 22.7 Å². The predicted molar refractivity (Wildman–Crippen MR) is 72.1 cm³/mol. The van der Waals surface area contributed by atoms with Gasteiger partial charge in [0, 0.05) is 11.8 Å². The van der Waals surface area contributed by atoms with Crippen molar-refractivity contribution in [1.82, 2.24) is 0 Å². The number of hydrogen-bond acceptors (Lipinski definition) is 2. The van der Waals surface area contributed by atoms with E-state index in [-0.39, 0.29) is 34.2 Å². The fourth-order valence-corrected chi connectivity index (χ4v) is 3.01. The molecule has 2 rings (SSSR count). The van der Waals surface area contributed by atoms with Gasteiger partial charge >= 0.3 is 0 Å². The van der Waals surface area contributed by atoms with Crippen LogP contribution in [0.3, 0.4) is 0 Å². The van der Waals surface area contributed by atoms with Crippen molar-refractivity contribution in [2.45, 2.75) is 40.5 Å². The fraction of sp³-hybridized carbons (Fsp3) is 0.625. The minimum absolute atomic E-state index is 0.0180. The number of ketones is 2. The molecule has 0 aromatic heterocycles. The highest BCUT2D eigenvalue weighted by Gasteiger charge is 2.41. The Kier molecular flexibility index (Phi) is 3.08. The van der Waals surface area contributed by atoms with Crippen molar-refractivity contribution in [3.63, 3.8) is 0 Å². The predicted octanol–water partition coefficient (Wildman–Crippen LogP) is 3.33. The van der Waals surface area contributed by atoms with E-state index in [4.69, 9.17) is 0 Å². The van der Waals surface area contributed by atoms with Gasteiger partial charge in [0.05, 0.1) is 0 Å². The second kappa shape index (κ2) is 4.18. The molecule has 0 aromatic carbocycles. The van der Waals surface area contributed by atoms with E-state index in [0.29, 0.717) is 0 Å². The Morgan fingerprint density at radius 3 is 1.50 bits per heavy atom. The first-order valence-electron chi connectivity index (χ1n) is 6.66. The molecule has 2 nitrogen and oxygen atoms in total. The summed E-state index contributed by atoms with van der Waals surface area (Å²) in [5.74, 6) is -0.0269. The van der Waals surface area contributed by atoms with Gasteiger partial charge in [-0.25, -0.2) is 0 Å². The first-order chi connectivity index (χ1) is 8.20. The molecular formula is C16H22O2. The summed E-state index contributed by atoms with van der Waals surface area (Å²) >= 11 is 0. The van der Waals surface area contributed by atoms with Gasteiger partial charge in [-0.2, -0.15) is 0 Å². The van der Waals surface area contributed by atoms with Gasteiger partial charge in [0.1, 0.15) is 0 Å². The average molecular weight is 246 g/mol. The minimum atomic E-state index is -0.137. The highest BCUT2D eigenvalue weighted by atomic mass is 16.1. The highest BCUT2D eigenvalue weighted by Crippen LogP contribution is 2.42. The zero-order valence-corrected chi connectivity index (χ0v) is 11.7. The smallest absolute Gasteiger partial charge is 0.159 e. The number of hydrogen-bond donors (Lipinski definition) is 0. The summed E-state index contributed by atoms with van der Waals surface area (Å²) in [5, 5.41) is 0. The number of carbonyl (C=O) groups is 2. The molecule has 98 valence electrons. The van der Waals surface area contributed by atoms with Crippen molar-refractivity contribution >= 4 is 11.6 Å². The van der Waals surface area contributed by atoms with Crippen LogP contribution in [0.1, 0.15) is 40.5 Å². The van der Waals surface area contributed by atoms with E-state index >= 15 is 0 Å². The van der Waals surface area contributed by atoms with Gasteiger partial charge in [0.25, 0.3) is 0 Å². The van der Waals surface area contributed by atoms with Gasteiger partial charge in [-0.05, 0) is 35.8 Å². The van der Waals surface area contributed by atoms with E-state index in [2.05, 4.69) is 27.7 Å². The van der Waals surface area contributed by atoms with Gasteiger partial charge in [0.2, 0.25) is 0 Å². The van der Waals surface area contributed by atoms with Gasteiger partial charge in [0.15, 0.2) is 11.6 Å². The molecule has 0 saturated carbocycles. The summed E-state index contributed by atoms with van der Waals surface area (Å²) < 4.78 is 0. The van der Waals surface area contributed by atoms with Crippen molar-refractivity contribution in [3.05, 3.63) is 24.3 Å². The molecule has 0 aliphatic heterocycles. The maximum Gasteiger partial charge on any atom is 0.159 e. The lowest BCUT2D eigenvalue weighted by Crippen LogP contribution is -2.38. The van der Waals surface area contributed by atoms with Gasteiger partial charge < -0.3 is 0 Å². The van der Waals surface area contributed by atoms with Crippen molar-refractivity contribution in [1.29, 1.82) is 0 Å². The zero-order chi connectivity index (χ0) is 13.6. The molecule has 18 heavy (non-hydrogen) atoms. The van der Waals surface area contributed by atoms with Crippen molar-refractivity contribution in [3.8, 4) is 0 Å². The van der Waals surface area contributed by atoms with Crippen molar-refractivity contribution in [2.24, 2.45) is 22.7 Å². The SMILES string of the molecule is CC1(C)C=CC(=O)[C@H]([C@@H]2CC(C)(C)C=CC2=O)C1. The lowest BCUT2D eigenvalue weighted by Gasteiger charge is -2.38. The lowest BCUT2D eigenvalue weighted by atomic mass is 9.65. The molecule has 0 saturated heterocycles. The fourth-order valence-electron chi connectivity index (χ4n) is 3.01. The van der Waals surface area contributed by atoms with Crippen LogP contribution in [0.25, 0.3) is 0 Å². The van der Waals surface area contributed by atoms with E-state index in [1.165, 1.54) is 0 Å². The third-order valence-electron chi connectivity index (χ3n) is 4.11. The monoisotopic (exact) mass is 246 g/mol. The third-order valence-corrected chi connectivity index (χ3v) is 4.11. The van der Waals surface area contributed by atoms with E-state index in [9.17, 15) is 9.59 Å². The molecule has 2 aliphatic rings. The lowest BCUT2D eigenvalue weighted by molar-refractivity contribution is -0.130. The molecular weight excluding hydrogens is 224 g/mol. The second-order valence-electron chi connectivity index (χ2n) is 7.07. The van der Waals surface area contributed by atoms with Gasteiger partial charge in [-0.1, -0.05) is 39.8 Å². The molecule has 0 aromatic rings. The van der Waals surface area contributed by atoms with Crippen LogP contribution in [-0.4, -0.2) is 11.6 Å². The summed E-state index contributed by atoms with van der Waals surface area (Å²) in [6.45, 7) is 8.49. The Morgan fingerprint density at radius 2 is 1.17 bits per heavy atom. The summed E-state index contributed by atoms with van der Waals surface area (Å²) in [4.78, 5) is 24.1. The Labute approximate surface area is 109 Å². The zero-order valence-electron chi connectivity index (χ0n) is 11.7. The molecule has 0 heterocycles. The largest absolute Gasteiger partial charge is 0.295 e. The summed E-state index contributed by atoms with van der Waals surface area (Å²) in [5.41, 5.74) is 0.0360. The van der Waals surface area contributed by atoms with Crippen LogP contribution in [0.5, 0.6) is 0 Å². The minimum Gasteiger partial charge on any atom is -0.295 e. The van der Waals surface area contributed by atoms with Crippen LogP contribution in [-0.2, 0) is 9.59 Å². The Hall–Kier alpha value is -1.18. The van der Waals surface area contributed by atoms with Crippen LogP contribution in [0.15, 0.2) is 24.3 Å². The normalized spacial score (nSPS) is 33.8. The molecule has 0 unspecified atom stereocenters. The summed E-state index contributed by atoms with van der Waals surface area (Å²) in [6.07, 6.45) is 8.85. The molecule has 0 amide bonds. The summed E-state index contributed by atoms with van der Waals surface area (Å²) in [7, 11) is 0. The van der Waals surface area contributed by atoms with Gasteiger partial charge in [-0.3, -0.25) is 9.59 Å². The molecule has 2 heteroatoms. The standard InChI is InChI=1S/C16H22O2/c1-15(2)7-5-13(17)11(9-15)12-10-16(3,4)8-6-14(12)18/h5-8,11-12H,9-10H2,1-4H3/t11-,12-/m0/s1. The van der Waals surface area contributed by atoms with E-state index in [1.54, 1.807) is 12.2 Å². The Bertz CT molecular complexity index is 396. The molecule has 2 atom stereocenters. The average Bonchev–Trinajstić information content (AvgIpc) is 2.25. The topological polar surface area (TPSA) is 34.1 Å². The first kappa shape index (κ1) is 13.3. The summed E-state index contributed by atoms with van der Waals surface area (Å²) in [6, 6.07) is 0. The van der Waals surface area contributed by atoms with Gasteiger partial charge in [-0.15, -0.1) is 0 Å². The maximum atomic E-state index is 12.1. The molecule has 0 bridgehead atoms. The highest BCUT2D eigenvalue weighted by molar-refractivity contribution is 6.00. The third kappa shape index (κ3) is 2.63. The number of carbonyl (C=O) groups excluding carboxylic acids is 2. The molecule has 0 radical (unpaired) electrons. The Morgan fingerprint density at radius 1 is 0.833 bits per heavy atom. The van der Waals surface area contributed by atoms with Crippen LogP contribution in [0.2, 0.25) is 0 Å². The van der Waals surface area contributed by atoms with E-state index < -0.39 is 0 Å². The van der Waals surface area contributed by atoms with Crippen molar-refractivity contribution < 1.29 is 9.59 Å². The van der Waals surface area contributed by atoms with E-state index in [1.807, 2.05) is 12.2 Å². The number of allylic oxidation sites excluding steroid dienone is 4. The Balaban J connectivity index is 2.27. The molecule has 0 fully saturated rings. The van der Waals surface area contributed by atoms with Crippen LogP contribution < -0.4 is 0 Å². The number of rotatable bonds is 1. The van der Waals surface area contributed by atoms with Crippen molar-refractivity contribution in [2.75, 3.05) is 0 Å². The molecule has 0 spiro atoms. The maximum absolute atomic E-state index is 12.1. The van der Waals surface area contributed by atoms with Crippen LogP contribution >= 0.6 is 0 Å². The quantitative estimate of drug-likeness (QED) is 0.711. The molecule has 0 N–H and O–H groups in total.